The summed E-state index contributed by atoms with van der Waals surface area (Å²) in [4.78, 5) is 11.3. The second kappa shape index (κ2) is 4.13. The number of halogens is 2. The number of aromatic nitrogens is 3. The Labute approximate surface area is 111 Å². The maximum absolute atomic E-state index is 5.80. The van der Waals surface area contributed by atoms with E-state index >= 15 is 0 Å². The first-order valence-electron chi connectivity index (χ1n) is 4.99. The molecular formula is C12H7BrClN3. The maximum Gasteiger partial charge on any atom is 0.222 e. The molecule has 0 aliphatic rings. The largest absolute Gasteiger partial charge is 0.360 e. The Morgan fingerprint density at radius 1 is 1.24 bits per heavy atom. The highest BCUT2D eigenvalue weighted by atomic mass is 79.9. The highest BCUT2D eigenvalue weighted by Crippen LogP contribution is 2.29. The van der Waals surface area contributed by atoms with Crippen LogP contribution in [0.25, 0.3) is 22.2 Å². The van der Waals surface area contributed by atoms with E-state index in [1.165, 1.54) is 0 Å². The van der Waals surface area contributed by atoms with Crippen LogP contribution >= 0.6 is 27.5 Å². The van der Waals surface area contributed by atoms with E-state index in [0.29, 0.717) is 0 Å². The number of aromatic amines is 1. The van der Waals surface area contributed by atoms with Gasteiger partial charge in [0.15, 0.2) is 0 Å². The molecule has 0 aliphatic carbocycles. The molecule has 1 aromatic carbocycles. The zero-order valence-corrected chi connectivity index (χ0v) is 11.0. The molecule has 0 unspecified atom stereocenters. The summed E-state index contributed by atoms with van der Waals surface area (Å²) in [5.41, 5.74) is 2.90. The summed E-state index contributed by atoms with van der Waals surface area (Å²) >= 11 is 9.27. The lowest BCUT2D eigenvalue weighted by Crippen LogP contribution is -1.85. The van der Waals surface area contributed by atoms with Crippen LogP contribution in [0.2, 0.25) is 5.28 Å². The van der Waals surface area contributed by atoms with Crippen molar-refractivity contribution in [2.45, 2.75) is 0 Å². The molecule has 3 aromatic rings. The average molecular weight is 309 g/mol. The van der Waals surface area contributed by atoms with Crippen molar-refractivity contribution in [3.63, 3.8) is 0 Å². The van der Waals surface area contributed by atoms with Crippen LogP contribution in [0.1, 0.15) is 0 Å². The van der Waals surface area contributed by atoms with E-state index in [1.54, 1.807) is 6.20 Å². The van der Waals surface area contributed by atoms with Gasteiger partial charge in [0.1, 0.15) is 0 Å². The molecule has 0 radical (unpaired) electrons. The van der Waals surface area contributed by atoms with Crippen molar-refractivity contribution in [3.05, 3.63) is 46.4 Å². The standard InChI is InChI=1S/C12H7BrClN3/c13-7-1-2-10-8(5-7)9(6-16-10)11-3-4-15-12(14)17-11/h1-6,16H. The molecule has 0 saturated heterocycles. The van der Waals surface area contributed by atoms with Crippen LogP contribution in [-0.4, -0.2) is 15.0 Å². The van der Waals surface area contributed by atoms with E-state index in [0.717, 1.165) is 26.6 Å². The molecule has 0 atom stereocenters. The molecule has 0 fully saturated rings. The normalized spacial score (nSPS) is 10.9. The van der Waals surface area contributed by atoms with Crippen LogP contribution in [0.3, 0.4) is 0 Å². The number of hydrogen-bond donors (Lipinski definition) is 1. The summed E-state index contributed by atoms with van der Waals surface area (Å²) in [7, 11) is 0. The Bertz CT molecular complexity index is 693. The molecule has 0 aliphatic heterocycles. The van der Waals surface area contributed by atoms with Crippen LogP contribution in [-0.2, 0) is 0 Å². The lowest BCUT2D eigenvalue weighted by molar-refractivity contribution is 1.17. The monoisotopic (exact) mass is 307 g/mol. The summed E-state index contributed by atoms with van der Waals surface area (Å²) in [6, 6.07) is 7.91. The van der Waals surface area contributed by atoms with E-state index in [-0.39, 0.29) is 5.28 Å². The minimum Gasteiger partial charge on any atom is -0.360 e. The van der Waals surface area contributed by atoms with Gasteiger partial charge in [-0.3, -0.25) is 0 Å². The molecule has 84 valence electrons. The number of fused-ring (bicyclic) bond motifs is 1. The zero-order chi connectivity index (χ0) is 11.8. The lowest BCUT2D eigenvalue weighted by atomic mass is 10.1. The van der Waals surface area contributed by atoms with E-state index in [1.807, 2.05) is 24.4 Å². The van der Waals surface area contributed by atoms with E-state index < -0.39 is 0 Å². The predicted molar refractivity (Wildman–Crippen MR) is 72.0 cm³/mol. The third-order valence-electron chi connectivity index (χ3n) is 2.55. The third kappa shape index (κ3) is 1.94. The SMILES string of the molecule is Clc1nccc(-c2c[nH]c3ccc(Br)cc23)n1. The lowest BCUT2D eigenvalue weighted by Gasteiger charge is -1.99. The van der Waals surface area contributed by atoms with Crippen LogP contribution in [0.4, 0.5) is 0 Å². The molecule has 0 bridgehead atoms. The second-order valence-corrected chi connectivity index (χ2v) is 4.86. The first-order valence-corrected chi connectivity index (χ1v) is 6.17. The Morgan fingerprint density at radius 3 is 2.94 bits per heavy atom. The fraction of sp³-hybridized carbons (Fsp3) is 0. The van der Waals surface area contributed by atoms with Gasteiger partial charge in [-0.2, -0.15) is 0 Å². The predicted octanol–water partition coefficient (Wildman–Crippen LogP) is 4.04. The van der Waals surface area contributed by atoms with E-state index in [2.05, 4.69) is 36.9 Å². The fourth-order valence-electron chi connectivity index (χ4n) is 1.79. The van der Waals surface area contributed by atoms with Gasteiger partial charge in [0, 0.05) is 33.3 Å². The van der Waals surface area contributed by atoms with Gasteiger partial charge >= 0.3 is 0 Å². The minimum absolute atomic E-state index is 0.256. The van der Waals surface area contributed by atoms with Gasteiger partial charge in [-0.1, -0.05) is 15.9 Å². The molecule has 2 heterocycles. The molecule has 1 N–H and O–H groups in total. The molecule has 0 spiro atoms. The topological polar surface area (TPSA) is 41.6 Å². The molecular weight excluding hydrogens is 302 g/mol. The van der Waals surface area contributed by atoms with Gasteiger partial charge < -0.3 is 4.98 Å². The highest BCUT2D eigenvalue weighted by Gasteiger charge is 2.08. The van der Waals surface area contributed by atoms with Crippen LogP contribution in [0.15, 0.2) is 41.1 Å². The van der Waals surface area contributed by atoms with Gasteiger partial charge in [-0.25, -0.2) is 9.97 Å². The number of nitrogens with zero attached hydrogens (tertiary/aromatic N) is 2. The van der Waals surface area contributed by atoms with Crippen LogP contribution in [0, 0.1) is 0 Å². The first-order chi connectivity index (χ1) is 8.24. The minimum atomic E-state index is 0.256. The molecule has 3 nitrogen and oxygen atoms in total. The third-order valence-corrected chi connectivity index (χ3v) is 3.22. The van der Waals surface area contributed by atoms with Crippen LogP contribution < -0.4 is 0 Å². The van der Waals surface area contributed by atoms with Crippen molar-refractivity contribution in [1.82, 2.24) is 15.0 Å². The van der Waals surface area contributed by atoms with Gasteiger partial charge in [0.05, 0.1) is 5.69 Å². The van der Waals surface area contributed by atoms with Gasteiger partial charge in [-0.05, 0) is 35.9 Å². The summed E-state index contributed by atoms with van der Waals surface area (Å²) < 4.78 is 1.03. The van der Waals surface area contributed by atoms with Crippen molar-refractivity contribution in [2.75, 3.05) is 0 Å². The Kier molecular flexibility index (Phi) is 2.61. The number of hydrogen-bond acceptors (Lipinski definition) is 2. The Balaban J connectivity index is 2.27. The molecule has 0 amide bonds. The Morgan fingerprint density at radius 2 is 2.12 bits per heavy atom. The Hall–Kier alpha value is -1.39. The molecule has 5 heteroatoms. The number of rotatable bonds is 1. The average Bonchev–Trinajstić information content (AvgIpc) is 2.71. The second-order valence-electron chi connectivity index (χ2n) is 3.60. The molecule has 0 saturated carbocycles. The van der Waals surface area contributed by atoms with Crippen molar-refractivity contribution in [2.24, 2.45) is 0 Å². The zero-order valence-electron chi connectivity index (χ0n) is 8.61. The van der Waals surface area contributed by atoms with Crippen molar-refractivity contribution < 1.29 is 0 Å². The van der Waals surface area contributed by atoms with Crippen LogP contribution in [0.5, 0.6) is 0 Å². The first kappa shape index (κ1) is 10.7. The number of H-pyrrole nitrogens is 1. The summed E-state index contributed by atoms with van der Waals surface area (Å²) in [6.45, 7) is 0. The van der Waals surface area contributed by atoms with Gasteiger partial charge in [0.25, 0.3) is 0 Å². The number of nitrogens with one attached hydrogen (secondary N) is 1. The summed E-state index contributed by atoms with van der Waals surface area (Å²) in [5, 5.41) is 1.36. The fourth-order valence-corrected chi connectivity index (χ4v) is 2.30. The molecule has 17 heavy (non-hydrogen) atoms. The van der Waals surface area contributed by atoms with Crippen molar-refractivity contribution in [3.8, 4) is 11.3 Å². The van der Waals surface area contributed by atoms with Crippen molar-refractivity contribution >= 4 is 38.4 Å². The quantitative estimate of drug-likeness (QED) is 0.689. The summed E-state index contributed by atoms with van der Waals surface area (Å²) in [5.74, 6) is 0. The van der Waals surface area contributed by atoms with Gasteiger partial charge in [0.2, 0.25) is 5.28 Å². The molecule has 2 aromatic heterocycles. The van der Waals surface area contributed by atoms with E-state index in [9.17, 15) is 0 Å². The van der Waals surface area contributed by atoms with Gasteiger partial charge in [-0.15, -0.1) is 0 Å². The number of benzene rings is 1. The van der Waals surface area contributed by atoms with E-state index in [4.69, 9.17) is 11.6 Å². The summed E-state index contributed by atoms with van der Waals surface area (Å²) in [6.07, 6.45) is 3.58. The molecule has 3 rings (SSSR count). The van der Waals surface area contributed by atoms with Crippen molar-refractivity contribution in [1.29, 1.82) is 0 Å². The smallest absolute Gasteiger partial charge is 0.222 e. The highest BCUT2D eigenvalue weighted by molar-refractivity contribution is 9.10. The maximum atomic E-state index is 5.80.